The van der Waals surface area contributed by atoms with Gasteiger partial charge in [0.25, 0.3) is 0 Å². The Morgan fingerprint density at radius 1 is 0.556 bits per heavy atom. The standard InChI is InChI=1S/C16H16.C2H6/c1-13(15-9-5-3-6-10-15)14(2)16-11-7-4-8-12-16;1-2/h3-12H,1-2H3;1-2H3. The number of allylic oxidation sites excluding steroid dienone is 2. The van der Waals surface area contributed by atoms with Crippen LogP contribution in [0.2, 0.25) is 0 Å². The Kier molecular flexibility index (Phi) is 5.93. The molecule has 0 bridgehead atoms. The molecule has 0 aliphatic rings. The van der Waals surface area contributed by atoms with E-state index in [1.165, 1.54) is 22.3 Å². The van der Waals surface area contributed by atoms with Gasteiger partial charge >= 0.3 is 0 Å². The first-order chi connectivity index (χ1) is 8.79. The zero-order valence-electron chi connectivity index (χ0n) is 11.8. The van der Waals surface area contributed by atoms with Crippen LogP contribution in [0, 0.1) is 0 Å². The van der Waals surface area contributed by atoms with Crippen molar-refractivity contribution in [2.45, 2.75) is 27.7 Å². The maximum absolute atomic E-state index is 2.18. The van der Waals surface area contributed by atoms with Gasteiger partial charge in [-0.25, -0.2) is 0 Å². The first-order valence-corrected chi connectivity index (χ1v) is 6.57. The molecule has 2 rings (SSSR count). The normalized spacial score (nSPS) is 11.1. The van der Waals surface area contributed by atoms with Gasteiger partial charge in [0.05, 0.1) is 0 Å². The Bertz CT molecular complexity index is 430. The van der Waals surface area contributed by atoms with Crippen molar-refractivity contribution < 1.29 is 0 Å². The fourth-order valence-electron chi connectivity index (χ4n) is 1.81. The van der Waals surface area contributed by atoms with Crippen LogP contribution in [-0.4, -0.2) is 0 Å². The summed E-state index contributed by atoms with van der Waals surface area (Å²) in [6.45, 7) is 8.36. The molecule has 0 saturated carbocycles. The van der Waals surface area contributed by atoms with E-state index in [0.717, 1.165) is 0 Å². The van der Waals surface area contributed by atoms with E-state index >= 15 is 0 Å². The molecule has 2 aromatic rings. The maximum atomic E-state index is 2.18. The third kappa shape index (κ3) is 3.59. The van der Waals surface area contributed by atoms with Crippen molar-refractivity contribution in [3.05, 3.63) is 71.8 Å². The van der Waals surface area contributed by atoms with Crippen molar-refractivity contribution in [2.75, 3.05) is 0 Å². The van der Waals surface area contributed by atoms with Crippen LogP contribution in [0.25, 0.3) is 11.1 Å². The molecular formula is C18H22. The molecule has 0 spiro atoms. The zero-order valence-corrected chi connectivity index (χ0v) is 11.8. The molecule has 0 atom stereocenters. The highest BCUT2D eigenvalue weighted by molar-refractivity contribution is 5.88. The Balaban J connectivity index is 0.000000771. The average molecular weight is 238 g/mol. The second-order valence-electron chi connectivity index (χ2n) is 3.98. The van der Waals surface area contributed by atoms with Gasteiger partial charge in [-0.1, -0.05) is 74.5 Å². The summed E-state index contributed by atoms with van der Waals surface area (Å²) in [5, 5.41) is 0. The minimum atomic E-state index is 1.30. The maximum Gasteiger partial charge on any atom is -0.0224 e. The van der Waals surface area contributed by atoms with Crippen LogP contribution in [0.5, 0.6) is 0 Å². The molecule has 0 heteroatoms. The molecule has 0 amide bonds. The van der Waals surface area contributed by atoms with E-state index in [1.54, 1.807) is 0 Å². The predicted molar refractivity (Wildman–Crippen MR) is 82.4 cm³/mol. The number of rotatable bonds is 2. The van der Waals surface area contributed by atoms with E-state index in [1.807, 2.05) is 13.8 Å². The fraction of sp³-hybridized carbons (Fsp3) is 0.222. The molecule has 0 aliphatic carbocycles. The summed E-state index contributed by atoms with van der Waals surface area (Å²) in [6.07, 6.45) is 0. The smallest absolute Gasteiger partial charge is 0.0224 e. The fourth-order valence-corrected chi connectivity index (χ4v) is 1.81. The zero-order chi connectivity index (χ0) is 13.4. The molecule has 0 nitrogen and oxygen atoms in total. The summed E-state index contributed by atoms with van der Waals surface area (Å²) in [6, 6.07) is 21.0. The number of benzene rings is 2. The Morgan fingerprint density at radius 2 is 0.833 bits per heavy atom. The molecule has 0 N–H and O–H groups in total. The van der Waals surface area contributed by atoms with Gasteiger partial charge in [-0.3, -0.25) is 0 Å². The summed E-state index contributed by atoms with van der Waals surface area (Å²) < 4.78 is 0. The van der Waals surface area contributed by atoms with Crippen LogP contribution in [0.1, 0.15) is 38.8 Å². The highest BCUT2D eigenvalue weighted by Crippen LogP contribution is 2.24. The van der Waals surface area contributed by atoms with E-state index in [9.17, 15) is 0 Å². The number of hydrogen-bond donors (Lipinski definition) is 0. The van der Waals surface area contributed by atoms with Crippen molar-refractivity contribution in [2.24, 2.45) is 0 Å². The Morgan fingerprint density at radius 3 is 1.11 bits per heavy atom. The van der Waals surface area contributed by atoms with E-state index in [4.69, 9.17) is 0 Å². The van der Waals surface area contributed by atoms with Crippen LogP contribution >= 0.6 is 0 Å². The summed E-state index contributed by atoms with van der Waals surface area (Å²) >= 11 is 0. The molecular weight excluding hydrogens is 216 g/mol. The molecule has 94 valence electrons. The van der Waals surface area contributed by atoms with Gasteiger partial charge in [-0.05, 0) is 36.1 Å². The minimum absolute atomic E-state index is 1.30. The summed E-state index contributed by atoms with van der Waals surface area (Å²) in [4.78, 5) is 0. The largest absolute Gasteiger partial charge is 0.0683 e. The van der Waals surface area contributed by atoms with Gasteiger partial charge in [0.2, 0.25) is 0 Å². The highest BCUT2D eigenvalue weighted by Gasteiger charge is 2.01. The van der Waals surface area contributed by atoms with Gasteiger partial charge in [-0.2, -0.15) is 0 Å². The molecule has 0 fully saturated rings. The number of hydrogen-bond acceptors (Lipinski definition) is 0. The van der Waals surface area contributed by atoms with E-state index in [2.05, 4.69) is 74.5 Å². The van der Waals surface area contributed by atoms with Crippen molar-refractivity contribution in [1.29, 1.82) is 0 Å². The Labute approximate surface area is 111 Å². The molecule has 18 heavy (non-hydrogen) atoms. The average Bonchev–Trinajstić information content (AvgIpc) is 2.49. The van der Waals surface area contributed by atoms with Gasteiger partial charge in [-0.15, -0.1) is 0 Å². The quantitative estimate of drug-likeness (QED) is 0.592. The lowest BCUT2D eigenvalue weighted by Gasteiger charge is -2.08. The van der Waals surface area contributed by atoms with Crippen LogP contribution in [-0.2, 0) is 0 Å². The van der Waals surface area contributed by atoms with Gasteiger partial charge in [0.15, 0.2) is 0 Å². The third-order valence-corrected chi connectivity index (χ3v) is 2.98. The summed E-state index contributed by atoms with van der Waals surface area (Å²) in [7, 11) is 0. The molecule has 0 heterocycles. The minimum Gasteiger partial charge on any atom is -0.0683 e. The first kappa shape index (κ1) is 14.2. The second-order valence-corrected chi connectivity index (χ2v) is 3.98. The van der Waals surface area contributed by atoms with Crippen molar-refractivity contribution in [3.8, 4) is 0 Å². The lowest BCUT2D eigenvalue weighted by Crippen LogP contribution is -1.85. The van der Waals surface area contributed by atoms with E-state index < -0.39 is 0 Å². The molecule has 0 aromatic heterocycles. The lowest BCUT2D eigenvalue weighted by atomic mass is 9.97. The second kappa shape index (κ2) is 7.50. The monoisotopic (exact) mass is 238 g/mol. The highest BCUT2D eigenvalue weighted by atomic mass is 14.1. The van der Waals surface area contributed by atoms with Crippen molar-refractivity contribution in [1.82, 2.24) is 0 Å². The topological polar surface area (TPSA) is 0 Å². The van der Waals surface area contributed by atoms with Crippen molar-refractivity contribution in [3.63, 3.8) is 0 Å². The third-order valence-electron chi connectivity index (χ3n) is 2.98. The molecule has 0 radical (unpaired) electrons. The van der Waals surface area contributed by atoms with Gasteiger partial charge < -0.3 is 0 Å². The summed E-state index contributed by atoms with van der Waals surface area (Å²) in [5.41, 5.74) is 5.27. The van der Waals surface area contributed by atoms with Gasteiger partial charge in [0, 0.05) is 0 Å². The van der Waals surface area contributed by atoms with Crippen LogP contribution < -0.4 is 0 Å². The van der Waals surface area contributed by atoms with Gasteiger partial charge in [0.1, 0.15) is 0 Å². The van der Waals surface area contributed by atoms with Crippen LogP contribution in [0.3, 0.4) is 0 Å². The van der Waals surface area contributed by atoms with E-state index in [0.29, 0.717) is 0 Å². The Hall–Kier alpha value is -1.82. The molecule has 0 unspecified atom stereocenters. The first-order valence-electron chi connectivity index (χ1n) is 6.57. The molecule has 0 aliphatic heterocycles. The summed E-state index contributed by atoms with van der Waals surface area (Å²) in [5.74, 6) is 0. The van der Waals surface area contributed by atoms with Crippen LogP contribution in [0.15, 0.2) is 60.7 Å². The van der Waals surface area contributed by atoms with Crippen molar-refractivity contribution >= 4 is 11.1 Å². The molecule has 0 saturated heterocycles. The van der Waals surface area contributed by atoms with Crippen LogP contribution in [0.4, 0.5) is 0 Å². The lowest BCUT2D eigenvalue weighted by molar-refractivity contribution is 1.50. The molecule has 2 aromatic carbocycles. The van der Waals surface area contributed by atoms with E-state index in [-0.39, 0.29) is 0 Å². The predicted octanol–water partition coefficient (Wildman–Crippen LogP) is 5.66. The SMILES string of the molecule is CC.CC(=C(C)c1ccccc1)c1ccccc1.